The maximum atomic E-state index is 11.9. The van der Waals surface area contributed by atoms with Crippen LogP contribution in [0, 0.1) is 0 Å². The van der Waals surface area contributed by atoms with Crippen molar-refractivity contribution in [1.82, 2.24) is 10.3 Å². The fraction of sp³-hybridized carbons (Fsp3) is 0.389. The molecule has 0 fully saturated rings. The highest BCUT2D eigenvalue weighted by Crippen LogP contribution is 2.28. The van der Waals surface area contributed by atoms with Gasteiger partial charge in [0.15, 0.2) is 12.3 Å². The zero-order valence-corrected chi connectivity index (χ0v) is 15.1. The molecule has 6 nitrogen and oxygen atoms in total. The van der Waals surface area contributed by atoms with E-state index in [-0.39, 0.29) is 18.2 Å². The van der Waals surface area contributed by atoms with E-state index < -0.39 is 5.97 Å². The van der Waals surface area contributed by atoms with Gasteiger partial charge >= 0.3 is 5.97 Å². The van der Waals surface area contributed by atoms with Crippen molar-refractivity contribution in [2.24, 2.45) is 0 Å². The third-order valence-corrected chi connectivity index (χ3v) is 4.76. The van der Waals surface area contributed by atoms with Crippen LogP contribution >= 0.6 is 11.3 Å². The van der Waals surface area contributed by atoms with Gasteiger partial charge in [-0.15, -0.1) is 11.3 Å². The van der Waals surface area contributed by atoms with Crippen LogP contribution in [0.5, 0.6) is 5.75 Å². The van der Waals surface area contributed by atoms with Crippen LogP contribution in [-0.4, -0.2) is 35.1 Å². The van der Waals surface area contributed by atoms with Crippen LogP contribution < -0.4 is 10.1 Å². The number of nitrogens with one attached hydrogen (secondary N) is 1. The number of amides is 1. The molecule has 1 unspecified atom stereocenters. The molecule has 7 heteroatoms. The number of carbonyl (C=O) groups is 2. The summed E-state index contributed by atoms with van der Waals surface area (Å²) in [5.74, 6) is -0.153. The normalized spacial score (nSPS) is 11.8. The van der Waals surface area contributed by atoms with E-state index in [9.17, 15) is 9.59 Å². The average Bonchev–Trinajstić information content (AvgIpc) is 3.09. The summed E-state index contributed by atoms with van der Waals surface area (Å²) in [5, 5.41) is 13.8. The van der Waals surface area contributed by atoms with E-state index in [1.165, 1.54) is 16.7 Å². The van der Waals surface area contributed by atoms with Crippen LogP contribution in [0.2, 0.25) is 0 Å². The van der Waals surface area contributed by atoms with Crippen molar-refractivity contribution < 1.29 is 19.4 Å². The van der Waals surface area contributed by atoms with Crippen molar-refractivity contribution in [3.63, 3.8) is 0 Å². The van der Waals surface area contributed by atoms with E-state index in [4.69, 9.17) is 9.84 Å². The third kappa shape index (κ3) is 5.56. The summed E-state index contributed by atoms with van der Waals surface area (Å²) in [4.78, 5) is 26.7. The topological polar surface area (TPSA) is 88.5 Å². The second-order valence-electron chi connectivity index (χ2n) is 5.67. The lowest BCUT2D eigenvalue weighted by molar-refractivity contribution is -0.123. The van der Waals surface area contributed by atoms with Gasteiger partial charge in [0.05, 0.1) is 5.01 Å². The highest BCUT2D eigenvalue weighted by Gasteiger charge is 2.12. The van der Waals surface area contributed by atoms with E-state index in [0.717, 1.165) is 17.7 Å². The summed E-state index contributed by atoms with van der Waals surface area (Å²) in [6, 6.07) is 7.75. The van der Waals surface area contributed by atoms with E-state index in [1.54, 1.807) is 0 Å². The van der Waals surface area contributed by atoms with E-state index in [0.29, 0.717) is 23.9 Å². The Hall–Kier alpha value is -2.41. The second kappa shape index (κ2) is 9.17. The number of hydrogen-bond donors (Lipinski definition) is 2. The van der Waals surface area contributed by atoms with E-state index in [1.807, 2.05) is 24.3 Å². The number of rotatable bonds is 9. The number of benzene rings is 1. The van der Waals surface area contributed by atoms with Crippen molar-refractivity contribution in [2.45, 2.75) is 32.6 Å². The van der Waals surface area contributed by atoms with Crippen molar-refractivity contribution >= 4 is 23.2 Å². The summed E-state index contributed by atoms with van der Waals surface area (Å²) in [7, 11) is 0. The summed E-state index contributed by atoms with van der Waals surface area (Å²) >= 11 is 1.27. The number of hydrogen-bond acceptors (Lipinski definition) is 5. The maximum Gasteiger partial charge on any atom is 0.355 e. The Labute approximate surface area is 150 Å². The number of thiazole rings is 1. The Bertz CT molecular complexity index is 729. The molecule has 0 aliphatic rings. The first-order chi connectivity index (χ1) is 12.0. The molecule has 0 radical (unpaired) electrons. The minimum absolute atomic E-state index is 0.0383. The number of ether oxygens (including phenoxy) is 1. The lowest BCUT2D eigenvalue weighted by Crippen LogP contribution is -2.30. The molecule has 2 N–H and O–H groups in total. The van der Waals surface area contributed by atoms with Gasteiger partial charge < -0.3 is 15.2 Å². The van der Waals surface area contributed by atoms with E-state index >= 15 is 0 Å². The van der Waals surface area contributed by atoms with Crippen LogP contribution in [-0.2, 0) is 11.2 Å². The molecule has 0 aliphatic heterocycles. The number of aromatic carboxylic acids is 1. The highest BCUT2D eigenvalue weighted by molar-refractivity contribution is 7.09. The van der Waals surface area contributed by atoms with Gasteiger partial charge in [-0.2, -0.15) is 0 Å². The van der Waals surface area contributed by atoms with Gasteiger partial charge in [-0.1, -0.05) is 32.0 Å². The first kappa shape index (κ1) is 18.9. The van der Waals surface area contributed by atoms with Gasteiger partial charge in [-0.3, -0.25) is 4.79 Å². The van der Waals surface area contributed by atoms with Gasteiger partial charge in [-0.25, -0.2) is 9.78 Å². The number of para-hydroxylation sites is 1. The molecule has 2 rings (SSSR count). The summed E-state index contributed by atoms with van der Waals surface area (Å²) in [5.41, 5.74) is 1.14. The van der Waals surface area contributed by atoms with Crippen LogP contribution in [0.4, 0.5) is 0 Å². The third-order valence-electron chi connectivity index (χ3n) is 3.85. The average molecular weight is 362 g/mol. The van der Waals surface area contributed by atoms with Gasteiger partial charge in [0, 0.05) is 18.3 Å². The fourth-order valence-electron chi connectivity index (χ4n) is 2.27. The fourth-order valence-corrected chi connectivity index (χ4v) is 3.04. The zero-order chi connectivity index (χ0) is 18.2. The number of carbonyl (C=O) groups excluding carboxylic acids is 1. The van der Waals surface area contributed by atoms with Crippen molar-refractivity contribution in [1.29, 1.82) is 0 Å². The monoisotopic (exact) mass is 362 g/mol. The molecule has 0 bridgehead atoms. The predicted octanol–water partition coefficient (Wildman–Crippen LogP) is 3.09. The highest BCUT2D eigenvalue weighted by atomic mass is 32.1. The number of nitrogens with zero attached hydrogens (tertiary/aromatic N) is 1. The molecular weight excluding hydrogens is 340 g/mol. The molecule has 1 heterocycles. The summed E-state index contributed by atoms with van der Waals surface area (Å²) in [6.45, 7) is 4.58. The van der Waals surface area contributed by atoms with Gasteiger partial charge in [-0.05, 0) is 24.0 Å². The van der Waals surface area contributed by atoms with Crippen LogP contribution in [0.1, 0.15) is 47.2 Å². The Kier molecular flexibility index (Phi) is 6.94. The number of aromatic nitrogens is 1. The molecule has 0 aliphatic carbocycles. The Morgan fingerprint density at radius 2 is 2.12 bits per heavy atom. The largest absolute Gasteiger partial charge is 0.483 e. The molecule has 2 aromatic rings. The Balaban J connectivity index is 1.78. The Morgan fingerprint density at radius 3 is 2.80 bits per heavy atom. The lowest BCUT2D eigenvalue weighted by Gasteiger charge is -2.15. The molecule has 0 saturated heterocycles. The van der Waals surface area contributed by atoms with Crippen LogP contribution in [0.15, 0.2) is 29.6 Å². The quantitative estimate of drug-likeness (QED) is 0.716. The molecule has 1 aromatic heterocycles. The zero-order valence-electron chi connectivity index (χ0n) is 14.3. The Morgan fingerprint density at radius 1 is 1.36 bits per heavy atom. The van der Waals surface area contributed by atoms with E-state index in [2.05, 4.69) is 24.1 Å². The first-order valence-corrected chi connectivity index (χ1v) is 9.05. The summed E-state index contributed by atoms with van der Waals surface area (Å²) < 4.78 is 5.66. The number of carboxylic acid groups (broad SMARTS) is 1. The molecule has 1 atom stereocenters. The SMILES string of the molecule is CCC(C)c1ccccc1OCC(=O)NCCc1nc(C(=O)O)cs1. The van der Waals surface area contributed by atoms with Crippen molar-refractivity contribution in [3.8, 4) is 5.75 Å². The first-order valence-electron chi connectivity index (χ1n) is 8.17. The lowest BCUT2D eigenvalue weighted by atomic mass is 9.98. The van der Waals surface area contributed by atoms with Gasteiger partial charge in [0.2, 0.25) is 0 Å². The smallest absolute Gasteiger partial charge is 0.355 e. The maximum absolute atomic E-state index is 11.9. The number of carboxylic acids is 1. The molecular formula is C18H22N2O4S. The molecule has 134 valence electrons. The predicted molar refractivity (Wildman–Crippen MR) is 96.4 cm³/mol. The molecule has 1 aromatic carbocycles. The molecule has 0 saturated carbocycles. The van der Waals surface area contributed by atoms with Gasteiger partial charge in [0.1, 0.15) is 5.75 Å². The summed E-state index contributed by atoms with van der Waals surface area (Å²) in [6.07, 6.45) is 1.49. The van der Waals surface area contributed by atoms with Crippen LogP contribution in [0.25, 0.3) is 0 Å². The standard InChI is InChI=1S/C18H22N2O4S/c1-3-12(2)13-6-4-5-7-15(13)24-10-16(21)19-9-8-17-20-14(11-25-17)18(22)23/h4-7,11-12H,3,8-10H2,1-2H3,(H,19,21)(H,22,23). The minimum atomic E-state index is -1.04. The van der Waals surface area contributed by atoms with Gasteiger partial charge in [0.25, 0.3) is 5.91 Å². The minimum Gasteiger partial charge on any atom is -0.483 e. The van der Waals surface area contributed by atoms with Crippen molar-refractivity contribution in [2.75, 3.05) is 13.2 Å². The molecule has 0 spiro atoms. The molecule has 25 heavy (non-hydrogen) atoms. The van der Waals surface area contributed by atoms with Crippen molar-refractivity contribution in [3.05, 3.63) is 45.9 Å². The second-order valence-corrected chi connectivity index (χ2v) is 6.61. The van der Waals surface area contributed by atoms with Crippen LogP contribution in [0.3, 0.4) is 0 Å². The molecule has 1 amide bonds.